The number of halogens is 1. The molecule has 0 unspecified atom stereocenters. The highest BCUT2D eigenvalue weighted by Crippen LogP contribution is 2.21. The van der Waals surface area contributed by atoms with E-state index < -0.39 is 0 Å². The maximum Gasteiger partial charge on any atom is 0.222 e. The molecule has 2 rings (SSSR count). The lowest BCUT2D eigenvalue weighted by Crippen LogP contribution is -2.00. The van der Waals surface area contributed by atoms with Gasteiger partial charge >= 0.3 is 0 Å². The minimum Gasteiger partial charge on any atom is -0.383 e. The van der Waals surface area contributed by atoms with E-state index in [9.17, 15) is 0 Å². The third-order valence-corrected chi connectivity index (χ3v) is 1.94. The highest BCUT2D eigenvalue weighted by atomic mass is 35.5. The van der Waals surface area contributed by atoms with Gasteiger partial charge in [0.25, 0.3) is 0 Å². The fraction of sp³-hybridized carbons (Fsp3) is 0. The summed E-state index contributed by atoms with van der Waals surface area (Å²) in [6.45, 7) is 0. The van der Waals surface area contributed by atoms with Crippen molar-refractivity contribution in [1.29, 1.82) is 0 Å². The van der Waals surface area contributed by atoms with E-state index in [4.69, 9.17) is 23.1 Å². The summed E-state index contributed by atoms with van der Waals surface area (Å²) in [6.07, 6.45) is 0. The van der Waals surface area contributed by atoms with Crippen LogP contribution in [-0.4, -0.2) is 9.97 Å². The monoisotopic (exact) mass is 194 g/mol. The number of benzene rings is 1. The summed E-state index contributed by atoms with van der Waals surface area (Å²) in [4.78, 5) is 7.83. The topological polar surface area (TPSA) is 77.8 Å². The van der Waals surface area contributed by atoms with Crippen molar-refractivity contribution in [3.8, 4) is 0 Å². The second-order valence-corrected chi connectivity index (χ2v) is 3.06. The smallest absolute Gasteiger partial charge is 0.222 e. The number of aromatic nitrogens is 2. The molecule has 4 nitrogen and oxygen atoms in total. The molecule has 0 saturated carbocycles. The van der Waals surface area contributed by atoms with E-state index in [2.05, 4.69) is 9.97 Å². The molecule has 0 spiro atoms. The minimum atomic E-state index is 0.160. The van der Waals surface area contributed by atoms with Gasteiger partial charge in [0.1, 0.15) is 5.82 Å². The molecule has 0 atom stereocenters. The molecule has 0 amide bonds. The summed E-state index contributed by atoms with van der Waals surface area (Å²) in [7, 11) is 0. The maximum atomic E-state index is 5.78. The molecule has 4 N–H and O–H groups in total. The first-order chi connectivity index (χ1) is 6.16. The summed E-state index contributed by atoms with van der Waals surface area (Å²) >= 11 is 5.78. The Labute approximate surface area is 79.5 Å². The van der Waals surface area contributed by atoms with Gasteiger partial charge < -0.3 is 11.5 Å². The molecule has 13 heavy (non-hydrogen) atoms. The summed E-state index contributed by atoms with van der Waals surface area (Å²) < 4.78 is 0. The molecule has 0 saturated heterocycles. The van der Waals surface area contributed by atoms with Crippen molar-refractivity contribution in [2.24, 2.45) is 0 Å². The summed E-state index contributed by atoms with van der Waals surface area (Å²) in [5, 5.41) is 1.36. The second-order valence-electron chi connectivity index (χ2n) is 2.63. The van der Waals surface area contributed by atoms with Crippen LogP contribution < -0.4 is 11.5 Å². The number of hydrogen-bond acceptors (Lipinski definition) is 4. The van der Waals surface area contributed by atoms with Crippen molar-refractivity contribution < 1.29 is 0 Å². The molecule has 0 fully saturated rings. The molecule has 1 aromatic heterocycles. The molecular formula is C8H7ClN4. The quantitative estimate of drug-likeness (QED) is 0.666. The van der Waals surface area contributed by atoms with E-state index in [0.29, 0.717) is 16.4 Å². The molecular weight excluding hydrogens is 188 g/mol. The van der Waals surface area contributed by atoms with Gasteiger partial charge in [0, 0.05) is 10.4 Å². The summed E-state index contributed by atoms with van der Waals surface area (Å²) in [5.74, 6) is 0.534. The van der Waals surface area contributed by atoms with E-state index in [0.717, 1.165) is 5.39 Å². The summed E-state index contributed by atoms with van der Waals surface area (Å²) in [6, 6.07) is 5.21. The molecule has 1 aromatic carbocycles. The van der Waals surface area contributed by atoms with Crippen molar-refractivity contribution in [2.45, 2.75) is 0 Å². The van der Waals surface area contributed by atoms with Crippen LogP contribution in [0.1, 0.15) is 0 Å². The van der Waals surface area contributed by atoms with Gasteiger partial charge in [0.15, 0.2) is 0 Å². The van der Waals surface area contributed by atoms with Crippen molar-refractivity contribution in [1.82, 2.24) is 9.97 Å². The Morgan fingerprint density at radius 3 is 2.69 bits per heavy atom. The van der Waals surface area contributed by atoms with Crippen molar-refractivity contribution in [3.05, 3.63) is 23.2 Å². The lowest BCUT2D eigenvalue weighted by Gasteiger charge is -2.01. The molecule has 0 radical (unpaired) electrons. The second kappa shape index (κ2) is 2.74. The summed E-state index contributed by atoms with van der Waals surface area (Å²) in [5.41, 5.74) is 11.7. The lowest BCUT2D eigenvalue weighted by molar-refractivity contribution is 1.25. The number of rotatable bonds is 0. The Morgan fingerprint density at radius 2 is 1.92 bits per heavy atom. The van der Waals surface area contributed by atoms with Crippen LogP contribution in [0.3, 0.4) is 0 Å². The maximum absolute atomic E-state index is 5.78. The molecule has 0 aliphatic heterocycles. The molecule has 1 heterocycles. The molecule has 5 heteroatoms. The first kappa shape index (κ1) is 8.07. The zero-order chi connectivity index (χ0) is 9.42. The third kappa shape index (κ3) is 1.36. The zero-order valence-electron chi connectivity index (χ0n) is 6.66. The highest BCUT2D eigenvalue weighted by molar-refractivity contribution is 6.31. The van der Waals surface area contributed by atoms with Gasteiger partial charge in [-0.25, -0.2) is 4.98 Å². The number of nitrogen functional groups attached to an aromatic ring is 2. The van der Waals surface area contributed by atoms with Crippen LogP contribution in [0.25, 0.3) is 10.9 Å². The van der Waals surface area contributed by atoms with Crippen molar-refractivity contribution in [2.75, 3.05) is 11.5 Å². The number of nitrogens with two attached hydrogens (primary N) is 2. The van der Waals surface area contributed by atoms with Crippen LogP contribution in [0.15, 0.2) is 18.2 Å². The zero-order valence-corrected chi connectivity index (χ0v) is 7.42. The molecule has 0 aliphatic rings. The van der Waals surface area contributed by atoms with E-state index in [1.807, 2.05) is 0 Å². The minimum absolute atomic E-state index is 0.160. The Bertz CT molecular complexity index is 464. The lowest BCUT2D eigenvalue weighted by atomic mass is 10.2. The number of nitrogens with zero attached hydrogens (tertiary/aromatic N) is 2. The van der Waals surface area contributed by atoms with Gasteiger partial charge in [-0.3, -0.25) is 0 Å². The van der Waals surface area contributed by atoms with E-state index >= 15 is 0 Å². The SMILES string of the molecule is Nc1nc(N)c2ccc(Cl)cc2n1. The van der Waals surface area contributed by atoms with E-state index in [-0.39, 0.29) is 5.95 Å². The van der Waals surface area contributed by atoms with Crippen LogP contribution in [0.5, 0.6) is 0 Å². The number of fused-ring (bicyclic) bond motifs is 1. The normalized spacial score (nSPS) is 10.5. The van der Waals surface area contributed by atoms with E-state index in [1.165, 1.54) is 0 Å². The Kier molecular flexibility index (Phi) is 1.70. The van der Waals surface area contributed by atoms with Crippen LogP contribution in [0.2, 0.25) is 5.02 Å². The average molecular weight is 195 g/mol. The fourth-order valence-corrected chi connectivity index (χ4v) is 1.31. The van der Waals surface area contributed by atoms with Gasteiger partial charge in [0.2, 0.25) is 5.95 Å². The van der Waals surface area contributed by atoms with Gasteiger partial charge in [-0.1, -0.05) is 11.6 Å². The standard InChI is InChI=1S/C8H7ClN4/c9-4-1-2-5-6(3-4)12-8(11)13-7(5)10/h1-3H,(H4,10,11,12,13). The predicted molar refractivity (Wildman–Crippen MR) is 53.4 cm³/mol. The highest BCUT2D eigenvalue weighted by Gasteiger charge is 2.02. The molecule has 0 bridgehead atoms. The molecule has 2 aromatic rings. The van der Waals surface area contributed by atoms with Crippen molar-refractivity contribution in [3.63, 3.8) is 0 Å². The van der Waals surface area contributed by atoms with E-state index in [1.54, 1.807) is 18.2 Å². The van der Waals surface area contributed by atoms with Crippen LogP contribution >= 0.6 is 11.6 Å². The first-order valence-electron chi connectivity index (χ1n) is 3.65. The van der Waals surface area contributed by atoms with Crippen LogP contribution in [-0.2, 0) is 0 Å². The van der Waals surface area contributed by atoms with Gasteiger partial charge in [-0.15, -0.1) is 0 Å². The largest absolute Gasteiger partial charge is 0.383 e. The van der Waals surface area contributed by atoms with Gasteiger partial charge in [-0.2, -0.15) is 4.98 Å². The number of hydrogen-bond donors (Lipinski definition) is 2. The number of anilines is 2. The Hall–Kier alpha value is -1.55. The molecule has 0 aliphatic carbocycles. The van der Waals surface area contributed by atoms with Gasteiger partial charge in [0.05, 0.1) is 5.52 Å². The van der Waals surface area contributed by atoms with Crippen molar-refractivity contribution >= 4 is 34.3 Å². The molecule has 66 valence electrons. The van der Waals surface area contributed by atoms with Gasteiger partial charge in [-0.05, 0) is 18.2 Å². The van der Waals surface area contributed by atoms with Crippen LogP contribution in [0, 0.1) is 0 Å². The Balaban J connectivity index is 2.86. The Morgan fingerprint density at radius 1 is 1.15 bits per heavy atom. The first-order valence-corrected chi connectivity index (χ1v) is 4.03. The third-order valence-electron chi connectivity index (χ3n) is 1.71. The van der Waals surface area contributed by atoms with Crippen LogP contribution in [0.4, 0.5) is 11.8 Å². The fourth-order valence-electron chi connectivity index (χ4n) is 1.15. The average Bonchev–Trinajstić information content (AvgIpc) is 2.02. The predicted octanol–water partition coefficient (Wildman–Crippen LogP) is 1.45.